The highest BCUT2D eigenvalue weighted by atomic mass is 28.5. The lowest BCUT2D eigenvalue weighted by Crippen LogP contribution is -2.63. The number of esters is 1. The zero-order valence-electron chi connectivity index (χ0n) is 18.3. The van der Waals surface area contributed by atoms with Crippen molar-refractivity contribution in [1.29, 1.82) is 0 Å². The van der Waals surface area contributed by atoms with E-state index in [1.165, 1.54) is 10.4 Å². The van der Waals surface area contributed by atoms with Crippen molar-refractivity contribution in [1.82, 2.24) is 0 Å². The zero-order valence-corrected chi connectivity index (χ0v) is 21.3. The summed E-state index contributed by atoms with van der Waals surface area (Å²) in [5, 5.41) is 2.38. The average Bonchev–Trinajstić information content (AvgIpc) is 2.66. The molecular formula is C22H32O4Si3. The van der Waals surface area contributed by atoms with Crippen LogP contribution in [0.4, 0.5) is 0 Å². The molecule has 29 heavy (non-hydrogen) atoms. The van der Waals surface area contributed by atoms with Crippen molar-refractivity contribution in [3.8, 4) is 0 Å². The molecule has 0 saturated carbocycles. The highest BCUT2D eigenvalue weighted by Gasteiger charge is 2.45. The van der Waals surface area contributed by atoms with Crippen LogP contribution in [0.25, 0.3) is 0 Å². The number of hydrogen-bond acceptors (Lipinski definition) is 4. The van der Waals surface area contributed by atoms with Gasteiger partial charge in [0.25, 0.3) is 0 Å². The molecule has 2 rings (SSSR count). The third kappa shape index (κ3) is 6.62. The van der Waals surface area contributed by atoms with Gasteiger partial charge in [-0.15, -0.1) is 0 Å². The number of carbonyl (C=O) groups excluding carboxylic acids is 1. The lowest BCUT2D eigenvalue weighted by molar-refractivity contribution is -0.137. The van der Waals surface area contributed by atoms with Crippen molar-refractivity contribution in [2.45, 2.75) is 39.7 Å². The van der Waals surface area contributed by atoms with Gasteiger partial charge in [-0.05, 0) is 50.0 Å². The van der Waals surface area contributed by atoms with Gasteiger partial charge in [0.2, 0.25) is 16.6 Å². The fraction of sp³-hybridized carbons (Fsp3) is 0.318. The van der Waals surface area contributed by atoms with Crippen molar-refractivity contribution in [2.24, 2.45) is 0 Å². The molecule has 4 nitrogen and oxygen atoms in total. The van der Waals surface area contributed by atoms with E-state index in [0.717, 1.165) is 0 Å². The molecule has 0 bridgehead atoms. The molecule has 7 heteroatoms. The molecule has 0 aliphatic carbocycles. The Bertz CT molecular complexity index is 782. The molecule has 156 valence electrons. The van der Waals surface area contributed by atoms with E-state index in [1.807, 2.05) is 42.9 Å². The molecule has 0 unspecified atom stereocenters. The molecule has 0 aliphatic heterocycles. The quantitative estimate of drug-likeness (QED) is 0.333. The third-order valence-corrected chi connectivity index (χ3v) is 16.3. The maximum atomic E-state index is 12.1. The summed E-state index contributed by atoms with van der Waals surface area (Å²) in [4.78, 5) is 12.1. The highest BCUT2D eigenvalue weighted by Crippen LogP contribution is 2.22. The number of hydrogen-bond donors (Lipinski definition) is 0. The van der Waals surface area contributed by atoms with Crippen LogP contribution < -0.4 is 10.4 Å². The number of carbonyl (C=O) groups is 1. The summed E-state index contributed by atoms with van der Waals surface area (Å²) in [6, 6.07) is 20.5. The Labute approximate surface area is 178 Å². The Morgan fingerprint density at radius 2 is 1.17 bits per heavy atom. The third-order valence-electron chi connectivity index (χ3n) is 4.69. The fourth-order valence-electron chi connectivity index (χ4n) is 3.28. The van der Waals surface area contributed by atoms with Gasteiger partial charge in [0.05, 0.1) is 0 Å². The lowest BCUT2D eigenvalue weighted by Gasteiger charge is -2.40. The highest BCUT2D eigenvalue weighted by molar-refractivity contribution is 6.96. The van der Waals surface area contributed by atoms with E-state index < -0.39 is 31.2 Å². The number of ether oxygens (including phenoxy) is 1. The predicted octanol–water partition coefficient (Wildman–Crippen LogP) is 3.97. The molecule has 0 atom stereocenters. The average molecular weight is 445 g/mol. The van der Waals surface area contributed by atoms with Crippen LogP contribution in [0.2, 0.25) is 32.7 Å². The van der Waals surface area contributed by atoms with Crippen LogP contribution in [0.3, 0.4) is 0 Å². The minimum Gasteiger partial charge on any atom is -0.460 e. The van der Waals surface area contributed by atoms with Gasteiger partial charge < -0.3 is 13.0 Å². The van der Waals surface area contributed by atoms with Crippen molar-refractivity contribution in [3.63, 3.8) is 0 Å². The summed E-state index contributed by atoms with van der Waals surface area (Å²) < 4.78 is 19.1. The van der Waals surface area contributed by atoms with Gasteiger partial charge in [-0.25, -0.2) is 4.79 Å². The minimum absolute atomic E-state index is 0.144. The SMILES string of the molecule is C=C(C)C(=O)OC[Si](C)(O[Si](C)(C)c1ccccc1)O[Si](C)(C)c1ccccc1. The molecule has 0 aromatic heterocycles. The first-order valence-electron chi connectivity index (χ1n) is 9.79. The number of rotatable bonds is 9. The molecule has 0 N–H and O–H groups in total. The topological polar surface area (TPSA) is 44.8 Å². The summed E-state index contributed by atoms with van der Waals surface area (Å²) in [6.07, 6.45) is 0.144. The maximum Gasteiger partial charge on any atom is 0.353 e. The van der Waals surface area contributed by atoms with Gasteiger partial charge >= 0.3 is 14.5 Å². The molecule has 0 heterocycles. The zero-order chi connectivity index (χ0) is 21.7. The smallest absolute Gasteiger partial charge is 0.353 e. The summed E-state index contributed by atoms with van der Waals surface area (Å²) in [6.45, 7) is 16.0. The van der Waals surface area contributed by atoms with E-state index in [1.54, 1.807) is 6.92 Å². The fourth-order valence-corrected chi connectivity index (χ4v) is 16.3. The van der Waals surface area contributed by atoms with E-state index in [4.69, 9.17) is 13.0 Å². The largest absolute Gasteiger partial charge is 0.460 e. The standard InChI is InChI=1S/C22H32O4Si3/c1-19(2)22(23)24-18-29(7,25-27(3,4)20-14-10-8-11-15-20)26-28(5,6)21-16-12-9-13-17-21/h8-17H,1,18H2,2-7H3. The Hall–Kier alpha value is -1.78. The first-order chi connectivity index (χ1) is 13.5. The Morgan fingerprint density at radius 3 is 1.52 bits per heavy atom. The molecule has 2 aromatic carbocycles. The first kappa shape index (κ1) is 23.5. The molecular weight excluding hydrogens is 412 g/mol. The summed E-state index contributed by atoms with van der Waals surface area (Å²) in [7, 11) is -7.39. The molecule has 0 aliphatic rings. The van der Waals surface area contributed by atoms with E-state index in [2.05, 4.69) is 57.0 Å². The Morgan fingerprint density at radius 1 is 0.793 bits per heavy atom. The number of benzene rings is 2. The van der Waals surface area contributed by atoms with E-state index in [-0.39, 0.29) is 6.23 Å². The van der Waals surface area contributed by atoms with Gasteiger partial charge in [-0.2, -0.15) is 0 Å². The van der Waals surface area contributed by atoms with Crippen LogP contribution in [0.15, 0.2) is 72.8 Å². The van der Waals surface area contributed by atoms with Gasteiger partial charge in [0.15, 0.2) is 0 Å². The van der Waals surface area contributed by atoms with Crippen molar-refractivity contribution < 1.29 is 17.8 Å². The Kier molecular flexibility index (Phi) is 7.58. The van der Waals surface area contributed by atoms with Crippen LogP contribution >= 0.6 is 0 Å². The normalized spacial score (nSPS) is 12.5. The summed E-state index contributed by atoms with van der Waals surface area (Å²) in [5.41, 5.74) is 0.375. The summed E-state index contributed by atoms with van der Waals surface area (Å²) in [5.74, 6) is -0.408. The second-order valence-corrected chi connectivity index (χ2v) is 19.8. The second kappa shape index (κ2) is 9.36. The van der Waals surface area contributed by atoms with Crippen LogP contribution in [-0.4, -0.2) is 37.4 Å². The van der Waals surface area contributed by atoms with E-state index in [9.17, 15) is 4.79 Å². The summed E-state index contributed by atoms with van der Waals surface area (Å²) >= 11 is 0. The maximum absolute atomic E-state index is 12.1. The van der Waals surface area contributed by atoms with Crippen molar-refractivity contribution in [3.05, 3.63) is 72.8 Å². The molecule has 0 fully saturated rings. The van der Waals surface area contributed by atoms with Crippen LogP contribution in [-0.2, 0) is 17.8 Å². The van der Waals surface area contributed by atoms with Gasteiger partial charge in [0, 0.05) is 5.57 Å². The first-order valence-corrected chi connectivity index (χ1v) is 18.1. The molecule has 0 saturated heterocycles. The Balaban J connectivity index is 2.32. The van der Waals surface area contributed by atoms with Gasteiger partial charge in [0.1, 0.15) is 6.23 Å². The molecule has 0 radical (unpaired) electrons. The van der Waals surface area contributed by atoms with Crippen molar-refractivity contribution in [2.75, 3.05) is 6.23 Å². The lowest BCUT2D eigenvalue weighted by atomic mass is 10.4. The monoisotopic (exact) mass is 444 g/mol. The van der Waals surface area contributed by atoms with Gasteiger partial charge in [-0.3, -0.25) is 0 Å². The molecule has 0 amide bonds. The molecule has 0 spiro atoms. The minimum atomic E-state index is -2.86. The van der Waals surface area contributed by atoms with Crippen LogP contribution in [0.1, 0.15) is 6.92 Å². The van der Waals surface area contributed by atoms with Gasteiger partial charge in [-0.1, -0.05) is 67.2 Å². The van der Waals surface area contributed by atoms with E-state index >= 15 is 0 Å². The van der Waals surface area contributed by atoms with Crippen LogP contribution in [0.5, 0.6) is 0 Å². The van der Waals surface area contributed by atoms with E-state index in [0.29, 0.717) is 5.57 Å². The predicted molar refractivity (Wildman–Crippen MR) is 127 cm³/mol. The molecule has 2 aromatic rings. The van der Waals surface area contributed by atoms with Crippen molar-refractivity contribution >= 4 is 41.5 Å². The second-order valence-electron chi connectivity index (χ2n) is 8.45. The van der Waals surface area contributed by atoms with Crippen LogP contribution in [0, 0.1) is 0 Å².